The summed E-state index contributed by atoms with van der Waals surface area (Å²) in [6, 6.07) is 16.7. The first kappa shape index (κ1) is 26.7. The van der Waals surface area contributed by atoms with E-state index in [-0.39, 0.29) is 28.8 Å². The number of carbonyl (C=O) groups is 1. The summed E-state index contributed by atoms with van der Waals surface area (Å²) in [6.45, 7) is 15.8. The Labute approximate surface area is 210 Å². The standard InChI is InChI=1S/C30H41N3O2/c1-21(2)17-18-32(27(34)19-22(3)20-30(5,6)7)23(4)28-31-26-16-12-11-15-25(26)29(35)33(28)24-13-9-8-10-14-24/h8-16,21-23H,17-20H2,1-7H3. The SMILES string of the molecule is CC(C)CCN(C(=O)CC(C)CC(C)(C)C)C(C)c1nc2ccccc2c(=O)n1-c1ccccc1. The van der Waals surface area contributed by atoms with E-state index >= 15 is 0 Å². The molecule has 5 nitrogen and oxygen atoms in total. The van der Waals surface area contributed by atoms with Gasteiger partial charge in [-0.05, 0) is 61.3 Å². The highest BCUT2D eigenvalue weighted by Gasteiger charge is 2.28. The van der Waals surface area contributed by atoms with Crippen LogP contribution in [0.15, 0.2) is 59.4 Å². The van der Waals surface area contributed by atoms with Crippen LogP contribution in [-0.4, -0.2) is 26.9 Å². The monoisotopic (exact) mass is 475 g/mol. The zero-order chi connectivity index (χ0) is 25.8. The van der Waals surface area contributed by atoms with E-state index in [9.17, 15) is 9.59 Å². The van der Waals surface area contributed by atoms with Gasteiger partial charge in [-0.3, -0.25) is 14.2 Å². The van der Waals surface area contributed by atoms with Gasteiger partial charge in [0.15, 0.2) is 0 Å². The quantitative estimate of drug-likeness (QED) is 0.343. The average Bonchev–Trinajstić information content (AvgIpc) is 2.78. The van der Waals surface area contributed by atoms with Crippen molar-refractivity contribution in [1.82, 2.24) is 14.5 Å². The minimum Gasteiger partial charge on any atom is -0.333 e. The predicted molar refractivity (Wildman–Crippen MR) is 145 cm³/mol. The average molecular weight is 476 g/mol. The van der Waals surface area contributed by atoms with E-state index < -0.39 is 0 Å². The van der Waals surface area contributed by atoms with Crippen molar-refractivity contribution in [3.8, 4) is 5.69 Å². The van der Waals surface area contributed by atoms with Crippen molar-refractivity contribution >= 4 is 16.8 Å². The van der Waals surface area contributed by atoms with E-state index in [1.54, 1.807) is 4.57 Å². The van der Waals surface area contributed by atoms with Crippen LogP contribution in [0.5, 0.6) is 0 Å². The van der Waals surface area contributed by atoms with Gasteiger partial charge in [0.05, 0.1) is 22.6 Å². The number of hydrogen-bond donors (Lipinski definition) is 0. The number of benzene rings is 2. The summed E-state index contributed by atoms with van der Waals surface area (Å²) in [7, 11) is 0. The number of aromatic nitrogens is 2. The van der Waals surface area contributed by atoms with Crippen molar-refractivity contribution in [3.05, 3.63) is 70.8 Å². The Morgan fingerprint density at radius 2 is 1.60 bits per heavy atom. The maximum absolute atomic E-state index is 13.7. The lowest BCUT2D eigenvalue weighted by Gasteiger charge is -2.33. The fourth-order valence-corrected chi connectivity index (χ4v) is 4.86. The Morgan fingerprint density at radius 3 is 2.23 bits per heavy atom. The summed E-state index contributed by atoms with van der Waals surface area (Å²) >= 11 is 0. The smallest absolute Gasteiger partial charge is 0.266 e. The fraction of sp³-hybridized carbons (Fsp3) is 0.500. The Bertz CT molecular complexity index is 1190. The minimum absolute atomic E-state index is 0.110. The zero-order valence-electron chi connectivity index (χ0n) is 22.4. The molecule has 3 rings (SSSR count). The van der Waals surface area contributed by atoms with E-state index in [2.05, 4.69) is 41.5 Å². The Balaban J connectivity index is 2.08. The summed E-state index contributed by atoms with van der Waals surface area (Å²) in [5, 5.41) is 0.575. The van der Waals surface area contributed by atoms with Gasteiger partial charge in [0.25, 0.3) is 5.56 Å². The van der Waals surface area contributed by atoms with Crippen LogP contribution in [-0.2, 0) is 4.79 Å². The van der Waals surface area contributed by atoms with Gasteiger partial charge in [-0.25, -0.2) is 4.98 Å². The second kappa shape index (κ2) is 11.2. The molecule has 0 N–H and O–H groups in total. The molecule has 188 valence electrons. The predicted octanol–water partition coefficient (Wildman–Crippen LogP) is 6.78. The van der Waals surface area contributed by atoms with Gasteiger partial charge in [-0.2, -0.15) is 0 Å². The summed E-state index contributed by atoms with van der Waals surface area (Å²) < 4.78 is 1.68. The molecule has 0 saturated carbocycles. The normalized spacial score (nSPS) is 13.7. The number of carbonyl (C=O) groups excluding carboxylic acids is 1. The highest BCUT2D eigenvalue weighted by Crippen LogP contribution is 2.29. The third-order valence-electron chi connectivity index (χ3n) is 6.41. The molecule has 3 aromatic rings. The van der Waals surface area contributed by atoms with Crippen molar-refractivity contribution in [1.29, 1.82) is 0 Å². The second-order valence-corrected chi connectivity index (χ2v) is 11.5. The van der Waals surface area contributed by atoms with Crippen LogP contribution in [0.1, 0.15) is 79.6 Å². The third-order valence-corrected chi connectivity index (χ3v) is 6.41. The number of nitrogens with zero attached hydrogens (tertiary/aromatic N) is 3. The number of para-hydroxylation sites is 2. The van der Waals surface area contributed by atoms with Crippen LogP contribution in [0, 0.1) is 17.3 Å². The molecule has 2 aromatic carbocycles. The van der Waals surface area contributed by atoms with Gasteiger partial charge < -0.3 is 4.90 Å². The number of amides is 1. The summed E-state index contributed by atoms with van der Waals surface area (Å²) in [5.74, 6) is 1.46. The van der Waals surface area contributed by atoms with Gasteiger partial charge in [-0.1, -0.05) is 71.9 Å². The maximum atomic E-state index is 13.7. The number of rotatable bonds is 9. The maximum Gasteiger partial charge on any atom is 0.266 e. The van der Waals surface area contributed by atoms with Crippen LogP contribution >= 0.6 is 0 Å². The zero-order valence-corrected chi connectivity index (χ0v) is 22.4. The molecule has 0 saturated heterocycles. The number of hydrogen-bond acceptors (Lipinski definition) is 3. The molecule has 0 fully saturated rings. The molecule has 0 bridgehead atoms. The summed E-state index contributed by atoms with van der Waals surface area (Å²) in [4.78, 5) is 34.2. The Kier molecular flexibility index (Phi) is 8.52. The summed E-state index contributed by atoms with van der Waals surface area (Å²) in [6.07, 6.45) is 2.36. The molecule has 1 aromatic heterocycles. The molecular weight excluding hydrogens is 434 g/mol. The highest BCUT2D eigenvalue weighted by atomic mass is 16.2. The Morgan fingerprint density at radius 1 is 0.971 bits per heavy atom. The van der Waals surface area contributed by atoms with Gasteiger partial charge >= 0.3 is 0 Å². The van der Waals surface area contributed by atoms with Crippen LogP contribution in [0.4, 0.5) is 0 Å². The third kappa shape index (κ3) is 6.81. The second-order valence-electron chi connectivity index (χ2n) is 11.5. The molecule has 0 aliphatic carbocycles. The molecule has 0 spiro atoms. The van der Waals surface area contributed by atoms with Gasteiger partial charge in [-0.15, -0.1) is 0 Å². The van der Waals surface area contributed by atoms with E-state index in [0.717, 1.165) is 18.5 Å². The molecule has 0 aliphatic rings. The van der Waals surface area contributed by atoms with Gasteiger partial charge in [0.2, 0.25) is 5.91 Å². The minimum atomic E-state index is -0.347. The summed E-state index contributed by atoms with van der Waals surface area (Å²) in [5.41, 5.74) is 1.47. The van der Waals surface area contributed by atoms with E-state index in [0.29, 0.717) is 35.6 Å². The van der Waals surface area contributed by atoms with Gasteiger partial charge in [0.1, 0.15) is 5.82 Å². The number of fused-ring (bicyclic) bond motifs is 1. The lowest BCUT2D eigenvalue weighted by atomic mass is 9.84. The highest BCUT2D eigenvalue weighted by molar-refractivity contribution is 5.79. The first-order chi connectivity index (χ1) is 16.5. The molecule has 1 heterocycles. The van der Waals surface area contributed by atoms with Crippen molar-refractivity contribution < 1.29 is 4.79 Å². The lowest BCUT2D eigenvalue weighted by molar-refractivity contribution is -0.134. The van der Waals surface area contributed by atoms with E-state index in [1.807, 2.05) is 66.4 Å². The van der Waals surface area contributed by atoms with Gasteiger partial charge in [0, 0.05) is 13.0 Å². The molecular formula is C30H41N3O2. The molecule has 0 aliphatic heterocycles. The van der Waals surface area contributed by atoms with Crippen molar-refractivity contribution in [2.75, 3.05) is 6.54 Å². The largest absolute Gasteiger partial charge is 0.333 e. The Hall–Kier alpha value is -2.95. The van der Waals surface area contributed by atoms with E-state index in [1.165, 1.54) is 0 Å². The first-order valence-corrected chi connectivity index (χ1v) is 12.8. The van der Waals surface area contributed by atoms with Crippen LogP contribution in [0.25, 0.3) is 16.6 Å². The van der Waals surface area contributed by atoms with Crippen LogP contribution < -0.4 is 5.56 Å². The molecule has 35 heavy (non-hydrogen) atoms. The van der Waals surface area contributed by atoms with Crippen LogP contribution in [0.3, 0.4) is 0 Å². The van der Waals surface area contributed by atoms with Crippen LogP contribution in [0.2, 0.25) is 0 Å². The molecule has 2 atom stereocenters. The lowest BCUT2D eigenvalue weighted by Crippen LogP contribution is -2.39. The van der Waals surface area contributed by atoms with Crippen molar-refractivity contribution in [3.63, 3.8) is 0 Å². The molecule has 5 heteroatoms. The van der Waals surface area contributed by atoms with E-state index in [4.69, 9.17) is 4.98 Å². The van der Waals surface area contributed by atoms with Crippen molar-refractivity contribution in [2.45, 2.75) is 73.8 Å². The molecule has 2 unspecified atom stereocenters. The first-order valence-electron chi connectivity index (χ1n) is 12.8. The molecule has 0 radical (unpaired) electrons. The molecule has 1 amide bonds. The van der Waals surface area contributed by atoms with Crippen molar-refractivity contribution in [2.24, 2.45) is 17.3 Å². The fourth-order valence-electron chi connectivity index (χ4n) is 4.86. The topological polar surface area (TPSA) is 55.2 Å².